The van der Waals surface area contributed by atoms with Gasteiger partial charge in [-0.05, 0) is 44.0 Å². The van der Waals surface area contributed by atoms with Crippen LogP contribution in [0.3, 0.4) is 0 Å². The quantitative estimate of drug-likeness (QED) is 0.622. The number of hydrogen-bond donors (Lipinski definition) is 0. The summed E-state index contributed by atoms with van der Waals surface area (Å²) in [6, 6.07) is 16.4. The lowest BCUT2D eigenvalue weighted by atomic mass is 10.1. The molecule has 0 amide bonds. The Balaban J connectivity index is 2.07. The first-order valence-electron chi connectivity index (χ1n) is 6.69. The van der Waals surface area contributed by atoms with Crippen LogP contribution in [-0.4, -0.2) is 8.42 Å². The summed E-state index contributed by atoms with van der Waals surface area (Å²) in [7, 11) is -3.75. The number of allylic oxidation sites excluding steroid dienone is 2. The summed E-state index contributed by atoms with van der Waals surface area (Å²) in [6.07, 6.45) is 2.40. The normalized spacial score (nSPS) is 12.2. The van der Waals surface area contributed by atoms with Crippen molar-refractivity contribution in [3.05, 3.63) is 77.6 Å². The molecule has 0 bridgehead atoms. The van der Waals surface area contributed by atoms with Crippen molar-refractivity contribution < 1.29 is 12.6 Å². The van der Waals surface area contributed by atoms with Gasteiger partial charge < -0.3 is 4.18 Å². The number of rotatable bonds is 5. The highest BCUT2D eigenvalue weighted by molar-refractivity contribution is 7.86. The van der Waals surface area contributed by atoms with E-state index in [1.807, 2.05) is 37.3 Å². The number of aryl methyl sites for hydroxylation is 1. The maximum absolute atomic E-state index is 12.1. The molecule has 0 aliphatic heterocycles. The molecule has 0 spiro atoms. The SMILES string of the molecule is C/C(=C\Cc1ccccc1)OS(=O)(=O)c1ccc(C)cc1. The van der Waals surface area contributed by atoms with Crippen LogP contribution in [0, 0.1) is 6.92 Å². The second kappa shape index (κ2) is 6.59. The van der Waals surface area contributed by atoms with Crippen molar-refractivity contribution in [3.63, 3.8) is 0 Å². The van der Waals surface area contributed by atoms with E-state index >= 15 is 0 Å². The first-order valence-corrected chi connectivity index (χ1v) is 8.10. The van der Waals surface area contributed by atoms with Crippen LogP contribution >= 0.6 is 0 Å². The second-order valence-corrected chi connectivity index (χ2v) is 6.40. The van der Waals surface area contributed by atoms with E-state index in [0.717, 1.165) is 11.1 Å². The molecule has 110 valence electrons. The first-order chi connectivity index (χ1) is 9.97. The van der Waals surface area contributed by atoms with Gasteiger partial charge in [0.2, 0.25) is 0 Å². The minimum atomic E-state index is -3.75. The van der Waals surface area contributed by atoms with Crippen molar-refractivity contribution in [2.45, 2.75) is 25.2 Å². The van der Waals surface area contributed by atoms with Gasteiger partial charge in [0.25, 0.3) is 0 Å². The topological polar surface area (TPSA) is 43.4 Å². The lowest BCUT2D eigenvalue weighted by Crippen LogP contribution is -2.05. The van der Waals surface area contributed by atoms with Gasteiger partial charge in [-0.2, -0.15) is 8.42 Å². The molecule has 0 aromatic heterocycles. The van der Waals surface area contributed by atoms with Crippen molar-refractivity contribution in [3.8, 4) is 0 Å². The van der Waals surface area contributed by atoms with Gasteiger partial charge in [0, 0.05) is 0 Å². The molecule has 0 saturated heterocycles. The molecule has 0 unspecified atom stereocenters. The summed E-state index contributed by atoms with van der Waals surface area (Å²) in [5.41, 5.74) is 2.11. The predicted octanol–water partition coefficient (Wildman–Crippen LogP) is 3.85. The highest BCUT2D eigenvalue weighted by atomic mass is 32.2. The molecule has 0 N–H and O–H groups in total. The highest BCUT2D eigenvalue weighted by Gasteiger charge is 2.15. The highest BCUT2D eigenvalue weighted by Crippen LogP contribution is 2.16. The van der Waals surface area contributed by atoms with E-state index in [1.165, 1.54) is 0 Å². The van der Waals surface area contributed by atoms with Gasteiger partial charge in [-0.25, -0.2) is 0 Å². The van der Waals surface area contributed by atoms with E-state index in [9.17, 15) is 8.42 Å². The molecule has 2 aromatic carbocycles. The summed E-state index contributed by atoms with van der Waals surface area (Å²) in [5.74, 6) is 0.374. The molecule has 0 aliphatic carbocycles. The maximum atomic E-state index is 12.1. The van der Waals surface area contributed by atoms with Gasteiger partial charge in [0.1, 0.15) is 10.7 Å². The molecule has 4 heteroatoms. The third-order valence-corrected chi connectivity index (χ3v) is 4.35. The number of benzene rings is 2. The molecule has 2 rings (SSSR count). The van der Waals surface area contributed by atoms with Crippen LogP contribution in [0.2, 0.25) is 0 Å². The minimum Gasteiger partial charge on any atom is -0.384 e. The molecule has 0 atom stereocenters. The Morgan fingerprint density at radius 1 is 1.05 bits per heavy atom. The van der Waals surface area contributed by atoms with Crippen molar-refractivity contribution in [2.24, 2.45) is 0 Å². The van der Waals surface area contributed by atoms with Crippen LogP contribution in [0.1, 0.15) is 18.1 Å². The average molecular weight is 302 g/mol. The van der Waals surface area contributed by atoms with Gasteiger partial charge in [-0.3, -0.25) is 0 Å². The van der Waals surface area contributed by atoms with E-state index in [1.54, 1.807) is 37.3 Å². The molecule has 0 heterocycles. The largest absolute Gasteiger partial charge is 0.384 e. The Labute approximate surface area is 126 Å². The third-order valence-electron chi connectivity index (χ3n) is 3.02. The van der Waals surface area contributed by atoms with Crippen LogP contribution in [-0.2, 0) is 20.7 Å². The first kappa shape index (κ1) is 15.3. The molecule has 0 saturated carbocycles. The summed E-state index contributed by atoms with van der Waals surface area (Å²) in [4.78, 5) is 0.167. The monoisotopic (exact) mass is 302 g/mol. The Morgan fingerprint density at radius 3 is 2.29 bits per heavy atom. The summed E-state index contributed by atoms with van der Waals surface area (Å²) >= 11 is 0. The maximum Gasteiger partial charge on any atom is 0.338 e. The van der Waals surface area contributed by atoms with Crippen LogP contribution < -0.4 is 0 Å². The van der Waals surface area contributed by atoms with Crippen molar-refractivity contribution in [2.75, 3.05) is 0 Å². The molecular weight excluding hydrogens is 284 g/mol. The zero-order chi connectivity index (χ0) is 15.3. The molecular formula is C17H18O3S. The minimum absolute atomic E-state index is 0.167. The third kappa shape index (κ3) is 4.46. The van der Waals surface area contributed by atoms with Crippen LogP contribution in [0.25, 0.3) is 0 Å². The van der Waals surface area contributed by atoms with E-state index in [0.29, 0.717) is 12.2 Å². The molecule has 0 fully saturated rings. The number of hydrogen-bond acceptors (Lipinski definition) is 3. The van der Waals surface area contributed by atoms with Crippen molar-refractivity contribution in [1.29, 1.82) is 0 Å². The fourth-order valence-electron chi connectivity index (χ4n) is 1.84. The van der Waals surface area contributed by atoms with Crippen LogP contribution in [0.15, 0.2) is 71.3 Å². The summed E-state index contributed by atoms with van der Waals surface area (Å²) in [6.45, 7) is 3.55. The van der Waals surface area contributed by atoms with Gasteiger partial charge >= 0.3 is 10.1 Å². The van der Waals surface area contributed by atoms with Crippen molar-refractivity contribution >= 4 is 10.1 Å². The molecule has 0 aliphatic rings. The molecule has 0 radical (unpaired) electrons. The lowest BCUT2D eigenvalue weighted by molar-refractivity contribution is 0.406. The molecule has 21 heavy (non-hydrogen) atoms. The fourth-order valence-corrected chi connectivity index (χ4v) is 2.82. The Kier molecular flexibility index (Phi) is 4.81. The van der Waals surface area contributed by atoms with Crippen LogP contribution in [0.4, 0.5) is 0 Å². The van der Waals surface area contributed by atoms with Gasteiger partial charge in [0.15, 0.2) is 0 Å². The zero-order valence-corrected chi connectivity index (χ0v) is 12.9. The summed E-state index contributed by atoms with van der Waals surface area (Å²) in [5, 5.41) is 0. The van der Waals surface area contributed by atoms with E-state index in [4.69, 9.17) is 4.18 Å². The Morgan fingerprint density at radius 2 is 1.67 bits per heavy atom. The van der Waals surface area contributed by atoms with Crippen LogP contribution in [0.5, 0.6) is 0 Å². The predicted molar refractivity (Wildman–Crippen MR) is 83.4 cm³/mol. The standard InChI is InChI=1S/C17H18O3S/c1-14-8-12-17(13-9-14)21(18,19)20-15(2)10-11-16-6-4-3-5-7-16/h3-10,12-13H,11H2,1-2H3/b15-10+. The van der Waals surface area contributed by atoms with Crippen molar-refractivity contribution in [1.82, 2.24) is 0 Å². The zero-order valence-electron chi connectivity index (χ0n) is 12.1. The van der Waals surface area contributed by atoms with Gasteiger partial charge in [-0.15, -0.1) is 0 Å². The average Bonchev–Trinajstić information content (AvgIpc) is 2.46. The van der Waals surface area contributed by atoms with E-state index in [2.05, 4.69) is 0 Å². The van der Waals surface area contributed by atoms with E-state index < -0.39 is 10.1 Å². The van der Waals surface area contributed by atoms with E-state index in [-0.39, 0.29) is 4.90 Å². The Hall–Kier alpha value is -2.07. The smallest absolute Gasteiger partial charge is 0.338 e. The van der Waals surface area contributed by atoms with Gasteiger partial charge in [0.05, 0.1) is 0 Å². The fraction of sp³-hybridized carbons (Fsp3) is 0.176. The van der Waals surface area contributed by atoms with Gasteiger partial charge in [-0.1, -0.05) is 48.0 Å². The summed E-state index contributed by atoms with van der Waals surface area (Å²) < 4.78 is 29.3. The molecule has 2 aromatic rings. The second-order valence-electron chi connectivity index (χ2n) is 4.86. The Bertz CT molecular complexity index is 714. The molecule has 3 nitrogen and oxygen atoms in total. The lowest BCUT2D eigenvalue weighted by Gasteiger charge is -2.07.